The number of esters is 1. The fourth-order valence-electron chi connectivity index (χ4n) is 6.83. The van der Waals surface area contributed by atoms with Crippen molar-refractivity contribution in [3.05, 3.63) is 71.5 Å². The van der Waals surface area contributed by atoms with E-state index in [-0.39, 0.29) is 30.1 Å². The molecule has 186 valence electrons. The zero-order chi connectivity index (χ0) is 24.3. The van der Waals surface area contributed by atoms with Crippen LogP contribution in [0, 0.1) is 11.7 Å². The summed E-state index contributed by atoms with van der Waals surface area (Å²) in [6.45, 7) is 3.06. The maximum atomic E-state index is 13.9. The smallest absolute Gasteiger partial charge is 0.317 e. The molecule has 3 heterocycles. The molecule has 0 spiro atoms. The number of carbonyl (C=O) groups excluding carboxylic acids is 2. The Morgan fingerprint density at radius 1 is 0.943 bits per heavy atom. The predicted molar refractivity (Wildman–Crippen MR) is 133 cm³/mol. The Bertz CT molecular complexity index is 1040. The number of fused-ring (bicyclic) bond motifs is 3. The highest BCUT2D eigenvalue weighted by Crippen LogP contribution is 2.42. The number of rotatable bonds is 7. The summed E-state index contributed by atoms with van der Waals surface area (Å²) in [5, 5.41) is 0. The Morgan fingerprint density at radius 3 is 2.34 bits per heavy atom. The zero-order valence-corrected chi connectivity index (χ0v) is 20.6. The first-order valence-corrected chi connectivity index (χ1v) is 13.4. The minimum Gasteiger partial charge on any atom is -0.455 e. The quantitative estimate of drug-likeness (QED) is 0.305. The number of halogens is 1. The zero-order valence-electron chi connectivity index (χ0n) is 20.6. The van der Waals surface area contributed by atoms with Gasteiger partial charge in [0.1, 0.15) is 18.9 Å². The lowest BCUT2D eigenvalue weighted by Gasteiger charge is -2.52. The van der Waals surface area contributed by atoms with Crippen LogP contribution in [0.2, 0.25) is 0 Å². The second-order valence-electron chi connectivity index (χ2n) is 11.1. The van der Waals surface area contributed by atoms with Gasteiger partial charge >= 0.3 is 5.97 Å². The molecule has 4 fully saturated rings. The number of hydrogen-bond acceptors (Lipinski definition) is 3. The van der Waals surface area contributed by atoms with Crippen LogP contribution in [0.25, 0.3) is 0 Å². The van der Waals surface area contributed by atoms with Gasteiger partial charge in [0.25, 0.3) is 0 Å². The Hall–Kier alpha value is -2.53. The van der Waals surface area contributed by atoms with Crippen molar-refractivity contribution in [3.63, 3.8) is 0 Å². The summed E-state index contributed by atoms with van der Waals surface area (Å²) in [6.07, 6.45) is 8.23. The number of Topliss-reactive ketones (excluding diaryl/α,β-unsaturated/α-hetero) is 1. The summed E-state index contributed by atoms with van der Waals surface area (Å²) in [5.41, 5.74) is 1.26. The third-order valence-corrected chi connectivity index (χ3v) is 8.78. The van der Waals surface area contributed by atoms with E-state index >= 15 is 0 Å². The van der Waals surface area contributed by atoms with Crippen molar-refractivity contribution >= 4 is 11.8 Å². The highest BCUT2D eigenvalue weighted by Gasteiger charge is 2.50. The molecule has 4 nitrogen and oxygen atoms in total. The van der Waals surface area contributed by atoms with Crippen molar-refractivity contribution in [3.8, 4) is 0 Å². The maximum Gasteiger partial charge on any atom is 0.317 e. The molecule has 0 N–H and O–H groups in total. The van der Waals surface area contributed by atoms with Gasteiger partial charge < -0.3 is 9.22 Å². The van der Waals surface area contributed by atoms with Crippen molar-refractivity contribution in [2.24, 2.45) is 5.92 Å². The van der Waals surface area contributed by atoms with Gasteiger partial charge in [-0.15, -0.1) is 0 Å². The van der Waals surface area contributed by atoms with Crippen molar-refractivity contribution in [1.82, 2.24) is 0 Å². The lowest BCUT2D eigenvalue weighted by atomic mass is 9.74. The Kier molecular flexibility index (Phi) is 7.06. The summed E-state index contributed by atoms with van der Waals surface area (Å²) in [6, 6.07) is 16.5. The molecule has 0 aromatic heterocycles. The minimum atomic E-state index is -0.554. The molecule has 6 rings (SSSR count). The lowest BCUT2D eigenvalue weighted by Crippen LogP contribution is -2.66. The average molecular weight is 479 g/mol. The summed E-state index contributed by atoms with van der Waals surface area (Å²) in [5.74, 6) is 0.147. The van der Waals surface area contributed by atoms with Crippen LogP contribution < -0.4 is 0 Å². The first-order valence-electron chi connectivity index (χ1n) is 13.4. The fourth-order valence-corrected chi connectivity index (χ4v) is 6.83. The van der Waals surface area contributed by atoms with E-state index in [1.54, 1.807) is 6.07 Å². The first-order chi connectivity index (χ1) is 17.0. The van der Waals surface area contributed by atoms with E-state index in [0.717, 1.165) is 69.3 Å². The average Bonchev–Trinajstić information content (AvgIpc) is 3.12. The van der Waals surface area contributed by atoms with Crippen LogP contribution in [0.1, 0.15) is 62.5 Å². The molecule has 0 amide bonds. The van der Waals surface area contributed by atoms with Crippen LogP contribution in [0.15, 0.2) is 54.6 Å². The molecule has 2 bridgehead atoms. The van der Waals surface area contributed by atoms with E-state index in [1.807, 2.05) is 24.3 Å². The first kappa shape index (κ1) is 24.2. The Morgan fingerprint density at radius 2 is 1.66 bits per heavy atom. The van der Waals surface area contributed by atoms with E-state index in [4.69, 9.17) is 4.74 Å². The van der Waals surface area contributed by atoms with Crippen molar-refractivity contribution < 1.29 is 23.2 Å². The van der Waals surface area contributed by atoms with Crippen molar-refractivity contribution in [2.45, 2.75) is 69.3 Å². The number of carbonyl (C=O) groups is 2. The summed E-state index contributed by atoms with van der Waals surface area (Å²) in [7, 11) is 0. The molecule has 0 unspecified atom stereocenters. The molecule has 3 aliphatic heterocycles. The molecule has 3 saturated heterocycles. The monoisotopic (exact) mass is 478 g/mol. The number of quaternary nitrogens is 1. The third-order valence-electron chi connectivity index (χ3n) is 8.78. The molecular formula is C30H37FNO3+. The van der Waals surface area contributed by atoms with E-state index in [2.05, 4.69) is 12.1 Å². The molecule has 2 aromatic carbocycles. The van der Waals surface area contributed by atoms with E-state index in [0.29, 0.717) is 16.9 Å². The predicted octanol–water partition coefficient (Wildman–Crippen LogP) is 5.38. The summed E-state index contributed by atoms with van der Waals surface area (Å²) >= 11 is 0. The molecule has 35 heavy (non-hydrogen) atoms. The molecule has 5 heteroatoms. The molecule has 1 atom stereocenters. The summed E-state index contributed by atoms with van der Waals surface area (Å²) < 4.78 is 20.7. The van der Waals surface area contributed by atoms with Crippen molar-refractivity contribution in [1.29, 1.82) is 0 Å². The van der Waals surface area contributed by atoms with Gasteiger partial charge in [-0.05, 0) is 36.1 Å². The van der Waals surface area contributed by atoms with Gasteiger partial charge in [-0.3, -0.25) is 9.59 Å². The van der Waals surface area contributed by atoms with Crippen LogP contribution in [-0.4, -0.2) is 48.5 Å². The second kappa shape index (κ2) is 10.2. The molecule has 1 saturated carbocycles. The van der Waals surface area contributed by atoms with Gasteiger partial charge in [0.05, 0.1) is 18.5 Å². The molecule has 4 aliphatic rings. The van der Waals surface area contributed by atoms with Gasteiger partial charge in [-0.25, -0.2) is 4.39 Å². The molecule has 1 aliphatic carbocycles. The number of nitrogens with zero attached hydrogens (tertiary/aromatic N) is 1. The van der Waals surface area contributed by atoms with Gasteiger partial charge in [-0.1, -0.05) is 68.1 Å². The van der Waals surface area contributed by atoms with Crippen LogP contribution in [0.4, 0.5) is 4.39 Å². The molecule has 0 radical (unpaired) electrons. The number of hydrogen-bond donors (Lipinski definition) is 0. The van der Waals surface area contributed by atoms with Crippen LogP contribution in [0.5, 0.6) is 0 Å². The van der Waals surface area contributed by atoms with E-state index < -0.39 is 5.41 Å². The topological polar surface area (TPSA) is 43.4 Å². The largest absolute Gasteiger partial charge is 0.455 e. The second-order valence-corrected chi connectivity index (χ2v) is 11.1. The van der Waals surface area contributed by atoms with Gasteiger partial charge in [0.2, 0.25) is 0 Å². The minimum absolute atomic E-state index is 0.0615. The van der Waals surface area contributed by atoms with E-state index in [1.165, 1.54) is 25.0 Å². The standard InChI is InChI=1S/C30H37FNO3/c31-26-12-8-9-23(19-26)20-27(33)21-32-17-13-24(14-18-32)28(22-32)35-29(34)30(15-6-1-2-7-16-30)25-10-4-3-5-11-25/h3-5,8-12,19,24,28H,1-2,6-7,13-18,20-22H2/q+1/t24?,28-,32?/m0/s1. The molecule has 2 aromatic rings. The SMILES string of the molecule is O=C(Cc1cccc(F)c1)C[N+]12CCC(CC1)[C@@H](OC(=O)C1(c3ccccc3)CCCCCC1)C2. The highest BCUT2D eigenvalue weighted by atomic mass is 19.1. The summed E-state index contributed by atoms with van der Waals surface area (Å²) in [4.78, 5) is 26.9. The van der Waals surface area contributed by atoms with Crippen LogP contribution >= 0.6 is 0 Å². The number of ether oxygens (including phenoxy) is 1. The normalized spacial score (nSPS) is 27.7. The van der Waals surface area contributed by atoms with Crippen molar-refractivity contribution in [2.75, 3.05) is 26.2 Å². The van der Waals surface area contributed by atoms with Gasteiger partial charge in [0, 0.05) is 25.2 Å². The highest BCUT2D eigenvalue weighted by molar-refractivity contribution is 5.83. The number of piperidine rings is 3. The van der Waals surface area contributed by atoms with Gasteiger partial charge in [0.15, 0.2) is 11.9 Å². The number of benzene rings is 2. The maximum absolute atomic E-state index is 13.9. The Labute approximate surface area is 208 Å². The number of ketones is 1. The molecular weight excluding hydrogens is 441 g/mol. The fraction of sp³-hybridized carbons (Fsp3) is 0.533. The Balaban J connectivity index is 1.29. The van der Waals surface area contributed by atoms with E-state index in [9.17, 15) is 14.0 Å². The lowest BCUT2D eigenvalue weighted by molar-refractivity contribution is -0.939. The van der Waals surface area contributed by atoms with Crippen LogP contribution in [0.3, 0.4) is 0 Å². The van der Waals surface area contributed by atoms with Gasteiger partial charge in [-0.2, -0.15) is 0 Å². The van der Waals surface area contributed by atoms with Crippen LogP contribution in [-0.2, 0) is 26.2 Å². The third kappa shape index (κ3) is 5.20.